The average molecular weight is 232 g/mol. The summed E-state index contributed by atoms with van der Waals surface area (Å²) in [7, 11) is 3.37. The summed E-state index contributed by atoms with van der Waals surface area (Å²) in [6, 6.07) is 3.01. The Morgan fingerprint density at radius 1 is 1.47 bits per heavy atom. The summed E-state index contributed by atoms with van der Waals surface area (Å²) in [4.78, 5) is 0. The lowest BCUT2D eigenvalue weighted by molar-refractivity contribution is 0.104. The second-order valence-corrected chi connectivity index (χ2v) is 3.56. The molecule has 1 aromatic rings. The van der Waals surface area contributed by atoms with Crippen LogP contribution in [0.4, 0.5) is 0 Å². The van der Waals surface area contributed by atoms with Gasteiger partial charge in [0.25, 0.3) is 0 Å². The number of rotatable bonds is 4. The highest BCUT2D eigenvalue weighted by atomic mass is 35.5. The van der Waals surface area contributed by atoms with E-state index in [0.29, 0.717) is 12.1 Å². The van der Waals surface area contributed by atoms with Gasteiger partial charge in [-0.2, -0.15) is 0 Å². The van der Waals surface area contributed by atoms with Gasteiger partial charge in [-0.05, 0) is 24.7 Å². The SMILES string of the molecule is CNCC(OC)c1cc(O)c(O)c(Cl)c1. The molecule has 0 radical (unpaired) electrons. The zero-order chi connectivity index (χ0) is 11.4. The van der Waals surface area contributed by atoms with Crippen LogP contribution in [0.5, 0.6) is 11.5 Å². The van der Waals surface area contributed by atoms with Crippen molar-refractivity contribution in [1.82, 2.24) is 5.32 Å². The Kier molecular flexibility index (Phi) is 4.20. The number of phenolic OH excluding ortho intramolecular Hbond substituents is 2. The lowest BCUT2D eigenvalue weighted by Crippen LogP contribution is -2.18. The van der Waals surface area contributed by atoms with E-state index in [4.69, 9.17) is 16.3 Å². The highest BCUT2D eigenvalue weighted by Crippen LogP contribution is 2.36. The first-order valence-electron chi connectivity index (χ1n) is 4.49. The minimum atomic E-state index is -0.306. The van der Waals surface area contributed by atoms with Crippen LogP contribution in [0.1, 0.15) is 11.7 Å². The van der Waals surface area contributed by atoms with Crippen molar-refractivity contribution in [3.05, 3.63) is 22.7 Å². The average Bonchev–Trinajstić information content (AvgIpc) is 2.22. The molecule has 1 unspecified atom stereocenters. The number of hydrogen-bond acceptors (Lipinski definition) is 4. The fourth-order valence-electron chi connectivity index (χ4n) is 1.31. The van der Waals surface area contributed by atoms with E-state index >= 15 is 0 Å². The van der Waals surface area contributed by atoms with Crippen LogP contribution < -0.4 is 5.32 Å². The van der Waals surface area contributed by atoms with E-state index in [1.165, 1.54) is 6.07 Å². The first kappa shape index (κ1) is 12.1. The predicted octanol–water partition coefficient (Wildman–Crippen LogP) is 1.66. The summed E-state index contributed by atoms with van der Waals surface area (Å²) in [5, 5.41) is 21.7. The number of halogens is 1. The molecule has 5 heteroatoms. The molecule has 0 aliphatic heterocycles. The largest absolute Gasteiger partial charge is 0.504 e. The molecule has 1 aromatic carbocycles. The van der Waals surface area contributed by atoms with Gasteiger partial charge in [0.05, 0.1) is 11.1 Å². The van der Waals surface area contributed by atoms with Crippen molar-refractivity contribution in [3.63, 3.8) is 0 Å². The van der Waals surface area contributed by atoms with Crippen molar-refractivity contribution in [1.29, 1.82) is 0 Å². The minimum Gasteiger partial charge on any atom is -0.504 e. The Labute approximate surface area is 93.4 Å². The van der Waals surface area contributed by atoms with Crippen molar-refractivity contribution in [3.8, 4) is 11.5 Å². The van der Waals surface area contributed by atoms with Gasteiger partial charge in [-0.25, -0.2) is 0 Å². The Balaban J connectivity index is 3.03. The molecular formula is C10H14ClNO3. The Bertz CT molecular complexity index is 320. The summed E-state index contributed by atoms with van der Waals surface area (Å²) >= 11 is 5.73. The molecule has 0 spiro atoms. The van der Waals surface area contributed by atoms with Crippen LogP contribution in [-0.4, -0.2) is 30.9 Å². The van der Waals surface area contributed by atoms with Crippen molar-refractivity contribution in [2.75, 3.05) is 20.7 Å². The van der Waals surface area contributed by atoms with E-state index in [9.17, 15) is 10.2 Å². The third-order valence-electron chi connectivity index (χ3n) is 2.11. The second kappa shape index (κ2) is 5.21. The van der Waals surface area contributed by atoms with Gasteiger partial charge in [0.2, 0.25) is 0 Å². The fourth-order valence-corrected chi connectivity index (χ4v) is 1.54. The quantitative estimate of drug-likeness (QED) is 0.690. The number of hydrogen-bond donors (Lipinski definition) is 3. The molecule has 4 nitrogen and oxygen atoms in total. The van der Waals surface area contributed by atoms with Crippen LogP contribution in [0.15, 0.2) is 12.1 Å². The normalized spacial score (nSPS) is 12.7. The zero-order valence-electron chi connectivity index (χ0n) is 8.62. The molecule has 84 valence electrons. The highest BCUT2D eigenvalue weighted by molar-refractivity contribution is 6.32. The molecule has 0 saturated heterocycles. The van der Waals surface area contributed by atoms with Gasteiger partial charge in [-0.15, -0.1) is 0 Å². The highest BCUT2D eigenvalue weighted by Gasteiger charge is 2.14. The van der Waals surface area contributed by atoms with E-state index in [2.05, 4.69) is 5.32 Å². The monoisotopic (exact) mass is 231 g/mol. The molecule has 3 N–H and O–H groups in total. The van der Waals surface area contributed by atoms with Gasteiger partial charge >= 0.3 is 0 Å². The molecule has 0 heterocycles. The van der Waals surface area contributed by atoms with Crippen molar-refractivity contribution in [2.24, 2.45) is 0 Å². The summed E-state index contributed by atoms with van der Waals surface area (Å²) in [5.74, 6) is -0.546. The van der Waals surface area contributed by atoms with E-state index in [1.54, 1.807) is 20.2 Å². The Morgan fingerprint density at radius 2 is 2.13 bits per heavy atom. The summed E-state index contributed by atoms with van der Waals surface area (Å²) in [6.07, 6.45) is -0.209. The summed E-state index contributed by atoms with van der Waals surface area (Å²) < 4.78 is 5.21. The molecule has 0 aliphatic rings. The maximum Gasteiger partial charge on any atom is 0.176 e. The molecule has 0 amide bonds. The van der Waals surface area contributed by atoms with Gasteiger partial charge in [0.1, 0.15) is 0 Å². The van der Waals surface area contributed by atoms with Crippen molar-refractivity contribution >= 4 is 11.6 Å². The topological polar surface area (TPSA) is 61.7 Å². The molecule has 0 aromatic heterocycles. The molecule has 0 aliphatic carbocycles. The van der Waals surface area contributed by atoms with Crippen LogP contribution in [0.3, 0.4) is 0 Å². The molecule has 0 bridgehead atoms. The maximum absolute atomic E-state index is 9.38. The van der Waals surface area contributed by atoms with Gasteiger partial charge in [-0.3, -0.25) is 0 Å². The molecule has 15 heavy (non-hydrogen) atoms. The summed E-state index contributed by atoms with van der Waals surface area (Å²) in [6.45, 7) is 0.594. The maximum atomic E-state index is 9.38. The van der Waals surface area contributed by atoms with E-state index < -0.39 is 0 Å². The van der Waals surface area contributed by atoms with Gasteiger partial charge in [0.15, 0.2) is 11.5 Å². The standard InChI is InChI=1S/C10H14ClNO3/c1-12-5-9(15-2)6-3-7(11)10(14)8(13)4-6/h3-4,9,12-14H,5H2,1-2H3. The van der Waals surface area contributed by atoms with Crippen LogP contribution >= 0.6 is 11.6 Å². The van der Waals surface area contributed by atoms with Crippen LogP contribution in [0.25, 0.3) is 0 Å². The van der Waals surface area contributed by atoms with E-state index in [0.717, 1.165) is 0 Å². The number of likely N-dealkylation sites (N-methyl/N-ethyl adjacent to an activating group) is 1. The number of nitrogens with one attached hydrogen (secondary N) is 1. The van der Waals surface area contributed by atoms with Crippen LogP contribution in [-0.2, 0) is 4.74 Å². The smallest absolute Gasteiger partial charge is 0.176 e. The van der Waals surface area contributed by atoms with E-state index in [1.807, 2.05) is 0 Å². The van der Waals surface area contributed by atoms with Gasteiger partial charge in [0, 0.05) is 13.7 Å². The lowest BCUT2D eigenvalue weighted by atomic mass is 10.1. The number of aromatic hydroxyl groups is 2. The molecule has 0 saturated carbocycles. The van der Waals surface area contributed by atoms with E-state index in [-0.39, 0.29) is 22.6 Å². The molecule has 0 fully saturated rings. The van der Waals surface area contributed by atoms with Gasteiger partial charge in [-0.1, -0.05) is 11.6 Å². The lowest BCUT2D eigenvalue weighted by Gasteiger charge is -2.16. The molecule has 1 rings (SSSR count). The van der Waals surface area contributed by atoms with Crippen LogP contribution in [0.2, 0.25) is 5.02 Å². The number of methoxy groups -OCH3 is 1. The predicted molar refractivity (Wildman–Crippen MR) is 58.5 cm³/mol. The minimum absolute atomic E-state index is 0.114. The fraction of sp³-hybridized carbons (Fsp3) is 0.400. The van der Waals surface area contributed by atoms with Crippen molar-refractivity contribution < 1.29 is 14.9 Å². The number of benzene rings is 1. The molecular weight excluding hydrogens is 218 g/mol. The molecule has 1 atom stereocenters. The van der Waals surface area contributed by atoms with Crippen molar-refractivity contribution in [2.45, 2.75) is 6.10 Å². The number of ether oxygens (including phenoxy) is 1. The Hall–Kier alpha value is -0.970. The number of phenols is 2. The Morgan fingerprint density at radius 3 is 2.60 bits per heavy atom. The zero-order valence-corrected chi connectivity index (χ0v) is 9.38. The van der Waals surface area contributed by atoms with Crippen LogP contribution in [0, 0.1) is 0 Å². The first-order chi connectivity index (χ1) is 7.10. The summed E-state index contributed by atoms with van der Waals surface area (Å²) in [5.41, 5.74) is 0.715. The second-order valence-electron chi connectivity index (χ2n) is 3.15. The third kappa shape index (κ3) is 2.75. The van der Waals surface area contributed by atoms with Gasteiger partial charge < -0.3 is 20.3 Å². The first-order valence-corrected chi connectivity index (χ1v) is 4.86. The third-order valence-corrected chi connectivity index (χ3v) is 2.40.